The summed E-state index contributed by atoms with van der Waals surface area (Å²) in [5.41, 5.74) is 3.66. The van der Waals surface area contributed by atoms with Crippen LogP contribution < -0.4 is 24.0 Å². The molecule has 186 valence electrons. The maximum Gasteiger partial charge on any atom is 0.163 e. The van der Waals surface area contributed by atoms with E-state index >= 15 is 0 Å². The molecule has 0 saturated carbocycles. The van der Waals surface area contributed by atoms with Crippen LogP contribution in [-0.4, -0.2) is 75.5 Å². The van der Waals surface area contributed by atoms with Crippen molar-refractivity contribution in [1.82, 2.24) is 9.88 Å². The van der Waals surface area contributed by atoms with Crippen molar-refractivity contribution < 1.29 is 14.2 Å². The van der Waals surface area contributed by atoms with Gasteiger partial charge in [-0.05, 0) is 43.2 Å². The van der Waals surface area contributed by atoms with Gasteiger partial charge in [-0.15, -0.1) is 0 Å². The summed E-state index contributed by atoms with van der Waals surface area (Å²) in [6.07, 6.45) is 3.94. The van der Waals surface area contributed by atoms with E-state index in [-0.39, 0.29) is 0 Å². The summed E-state index contributed by atoms with van der Waals surface area (Å²) >= 11 is 0. The summed E-state index contributed by atoms with van der Waals surface area (Å²) in [5.74, 6) is 2.46. The van der Waals surface area contributed by atoms with Gasteiger partial charge in [0, 0.05) is 68.6 Å². The SMILES string of the molecule is COc1ccc2ncc(C#N)c(N3CC(N4CCC(N(C)c5ccc6c(c5)OCCO6)CC4)C3)c2c1. The van der Waals surface area contributed by atoms with Crippen LogP contribution in [0.2, 0.25) is 0 Å². The van der Waals surface area contributed by atoms with Gasteiger partial charge in [-0.2, -0.15) is 5.26 Å². The van der Waals surface area contributed by atoms with E-state index in [2.05, 4.69) is 44.9 Å². The number of hydrogen-bond donors (Lipinski definition) is 0. The van der Waals surface area contributed by atoms with Crippen LogP contribution in [-0.2, 0) is 0 Å². The number of fused-ring (bicyclic) bond motifs is 2. The van der Waals surface area contributed by atoms with E-state index in [1.165, 1.54) is 5.69 Å². The standard InChI is InChI=1S/C28H31N5O3/c1-31(21-3-6-26-27(13-21)36-12-11-35-26)20-7-9-32(10-8-20)22-17-33(18-22)28-19(15-29)16-30-25-5-4-23(34-2)14-24(25)28/h3-6,13-14,16,20,22H,7-12,17-18H2,1-2H3. The van der Waals surface area contributed by atoms with Gasteiger partial charge in [0.05, 0.1) is 23.9 Å². The molecule has 0 spiro atoms. The highest BCUT2D eigenvalue weighted by Gasteiger charge is 2.36. The maximum atomic E-state index is 9.75. The Morgan fingerprint density at radius 2 is 1.83 bits per heavy atom. The molecule has 0 unspecified atom stereocenters. The molecule has 36 heavy (non-hydrogen) atoms. The van der Waals surface area contributed by atoms with Crippen LogP contribution in [0.4, 0.5) is 11.4 Å². The number of nitriles is 1. The monoisotopic (exact) mass is 485 g/mol. The number of methoxy groups -OCH3 is 1. The summed E-state index contributed by atoms with van der Waals surface area (Å²) in [5, 5.41) is 10.7. The first kappa shape index (κ1) is 22.7. The number of rotatable bonds is 5. The van der Waals surface area contributed by atoms with Gasteiger partial charge in [-0.25, -0.2) is 0 Å². The maximum absolute atomic E-state index is 9.75. The zero-order chi connectivity index (χ0) is 24.6. The number of nitrogens with zero attached hydrogens (tertiary/aromatic N) is 5. The summed E-state index contributed by atoms with van der Waals surface area (Å²) in [6.45, 7) is 5.22. The number of ether oxygens (including phenoxy) is 3. The fourth-order valence-electron chi connectivity index (χ4n) is 5.68. The molecule has 0 bridgehead atoms. The minimum absolute atomic E-state index is 0.502. The van der Waals surface area contributed by atoms with Crippen molar-refractivity contribution in [1.29, 1.82) is 5.26 Å². The summed E-state index contributed by atoms with van der Waals surface area (Å²) in [4.78, 5) is 11.8. The van der Waals surface area contributed by atoms with Crippen molar-refractivity contribution in [2.24, 2.45) is 0 Å². The number of piperidine rings is 1. The topological polar surface area (TPSA) is 74.1 Å². The molecular weight excluding hydrogens is 454 g/mol. The number of likely N-dealkylation sites (tertiary alicyclic amines) is 1. The lowest BCUT2D eigenvalue weighted by Crippen LogP contribution is -2.62. The molecule has 0 radical (unpaired) electrons. The van der Waals surface area contributed by atoms with E-state index in [9.17, 15) is 5.26 Å². The molecule has 0 atom stereocenters. The first-order valence-electron chi connectivity index (χ1n) is 12.6. The lowest BCUT2D eigenvalue weighted by Gasteiger charge is -2.49. The van der Waals surface area contributed by atoms with Gasteiger partial charge in [-0.3, -0.25) is 9.88 Å². The third-order valence-electron chi connectivity index (χ3n) is 7.84. The van der Waals surface area contributed by atoms with Crippen LogP contribution >= 0.6 is 0 Å². The largest absolute Gasteiger partial charge is 0.497 e. The smallest absolute Gasteiger partial charge is 0.163 e. The quantitative estimate of drug-likeness (QED) is 0.542. The van der Waals surface area contributed by atoms with Crippen LogP contribution in [0.5, 0.6) is 17.2 Å². The Labute approximate surface area is 211 Å². The van der Waals surface area contributed by atoms with Crippen LogP contribution in [0.15, 0.2) is 42.6 Å². The molecule has 8 nitrogen and oxygen atoms in total. The van der Waals surface area contributed by atoms with Crippen molar-refractivity contribution in [3.8, 4) is 23.3 Å². The number of aromatic nitrogens is 1. The fourth-order valence-corrected chi connectivity index (χ4v) is 5.68. The molecule has 3 aromatic rings. The van der Waals surface area contributed by atoms with Crippen LogP contribution in [0, 0.1) is 11.3 Å². The molecule has 8 heteroatoms. The van der Waals surface area contributed by atoms with Crippen molar-refractivity contribution in [2.75, 3.05) is 63.4 Å². The average molecular weight is 486 g/mol. The number of anilines is 2. The fraction of sp³-hybridized carbons (Fsp3) is 0.429. The molecule has 0 aliphatic carbocycles. The van der Waals surface area contributed by atoms with Gasteiger partial charge in [-0.1, -0.05) is 0 Å². The molecule has 1 aromatic heterocycles. The second-order valence-corrected chi connectivity index (χ2v) is 9.78. The third-order valence-corrected chi connectivity index (χ3v) is 7.84. The first-order chi connectivity index (χ1) is 17.6. The van der Waals surface area contributed by atoms with Gasteiger partial charge < -0.3 is 24.0 Å². The minimum atomic E-state index is 0.502. The van der Waals surface area contributed by atoms with Gasteiger partial charge in [0.25, 0.3) is 0 Å². The Morgan fingerprint density at radius 3 is 2.58 bits per heavy atom. The molecule has 3 aliphatic heterocycles. The summed E-state index contributed by atoms with van der Waals surface area (Å²) < 4.78 is 16.9. The molecule has 2 aromatic carbocycles. The lowest BCUT2D eigenvalue weighted by molar-refractivity contribution is 0.129. The Hall–Kier alpha value is -3.70. The highest BCUT2D eigenvalue weighted by molar-refractivity contribution is 5.95. The van der Waals surface area contributed by atoms with E-state index in [4.69, 9.17) is 14.2 Å². The third kappa shape index (κ3) is 4.03. The Morgan fingerprint density at radius 1 is 1.06 bits per heavy atom. The van der Waals surface area contributed by atoms with E-state index in [0.29, 0.717) is 30.9 Å². The Bertz CT molecular complexity index is 1310. The van der Waals surface area contributed by atoms with Crippen molar-refractivity contribution in [3.63, 3.8) is 0 Å². The molecular formula is C28H31N5O3. The molecule has 0 amide bonds. The first-order valence-corrected chi connectivity index (χ1v) is 12.6. The predicted octanol–water partition coefficient (Wildman–Crippen LogP) is 3.68. The normalized spacial score (nSPS) is 18.5. The van der Waals surface area contributed by atoms with E-state index in [1.54, 1.807) is 13.3 Å². The number of pyridine rings is 1. The predicted molar refractivity (Wildman–Crippen MR) is 139 cm³/mol. The molecule has 3 aliphatic rings. The Balaban J connectivity index is 1.10. The average Bonchev–Trinajstić information content (AvgIpc) is 2.91. The molecule has 6 rings (SSSR count). The second-order valence-electron chi connectivity index (χ2n) is 9.78. The Kier molecular flexibility index (Phi) is 5.94. The van der Waals surface area contributed by atoms with E-state index in [0.717, 1.165) is 72.9 Å². The van der Waals surface area contributed by atoms with Gasteiger partial charge in [0.2, 0.25) is 0 Å². The highest BCUT2D eigenvalue weighted by atomic mass is 16.6. The van der Waals surface area contributed by atoms with Crippen LogP contribution in [0.1, 0.15) is 18.4 Å². The zero-order valence-corrected chi connectivity index (χ0v) is 20.8. The van der Waals surface area contributed by atoms with Crippen LogP contribution in [0.25, 0.3) is 10.9 Å². The highest BCUT2D eigenvalue weighted by Crippen LogP contribution is 2.37. The van der Waals surface area contributed by atoms with Gasteiger partial charge in [0.15, 0.2) is 11.5 Å². The van der Waals surface area contributed by atoms with Crippen molar-refractivity contribution in [3.05, 3.63) is 48.2 Å². The number of hydrogen-bond acceptors (Lipinski definition) is 8. The number of benzene rings is 2. The summed E-state index contributed by atoms with van der Waals surface area (Å²) in [6, 6.07) is 15.5. The van der Waals surface area contributed by atoms with E-state index < -0.39 is 0 Å². The second kappa shape index (κ2) is 9.40. The van der Waals surface area contributed by atoms with Crippen molar-refractivity contribution in [2.45, 2.75) is 24.9 Å². The molecule has 0 N–H and O–H groups in total. The van der Waals surface area contributed by atoms with Gasteiger partial charge >= 0.3 is 0 Å². The summed E-state index contributed by atoms with van der Waals surface area (Å²) in [7, 11) is 3.85. The zero-order valence-electron chi connectivity index (χ0n) is 20.8. The molecule has 2 fully saturated rings. The molecule has 2 saturated heterocycles. The lowest BCUT2D eigenvalue weighted by atomic mass is 9.96. The van der Waals surface area contributed by atoms with Gasteiger partial charge in [0.1, 0.15) is 25.0 Å². The van der Waals surface area contributed by atoms with Crippen LogP contribution in [0.3, 0.4) is 0 Å². The molecule has 4 heterocycles. The minimum Gasteiger partial charge on any atom is -0.497 e. The van der Waals surface area contributed by atoms with E-state index in [1.807, 2.05) is 24.3 Å². The van der Waals surface area contributed by atoms with Crippen molar-refractivity contribution >= 4 is 22.3 Å².